The van der Waals surface area contributed by atoms with Crippen molar-refractivity contribution in [2.24, 2.45) is 7.05 Å². The van der Waals surface area contributed by atoms with E-state index in [1.54, 1.807) is 0 Å². The lowest BCUT2D eigenvalue weighted by Crippen LogP contribution is -2.40. The Balaban J connectivity index is 1.61. The summed E-state index contributed by atoms with van der Waals surface area (Å²) in [6, 6.07) is 10.6. The maximum atomic E-state index is 13.1. The number of hydrogen-bond donors (Lipinski definition) is 0. The molecule has 2 heterocycles. The maximum absolute atomic E-state index is 13.1. The Kier molecular flexibility index (Phi) is 3.52. The van der Waals surface area contributed by atoms with Crippen LogP contribution in [0, 0.1) is 0 Å². The largest absolute Gasteiger partial charge is 0.336 e. The molecule has 1 aliphatic heterocycles. The Hall–Kier alpha value is -2.10. The van der Waals surface area contributed by atoms with Crippen molar-refractivity contribution in [3.8, 4) is 0 Å². The molecule has 0 saturated heterocycles. The van der Waals surface area contributed by atoms with E-state index in [9.17, 15) is 4.79 Å². The highest BCUT2D eigenvalue weighted by atomic mass is 16.2. The van der Waals surface area contributed by atoms with Crippen molar-refractivity contribution >= 4 is 5.91 Å². The maximum Gasteiger partial charge on any atom is 0.274 e. The first-order valence-electron chi connectivity index (χ1n) is 8.87. The van der Waals surface area contributed by atoms with Crippen molar-refractivity contribution in [2.45, 2.75) is 44.4 Å². The molecule has 4 rings (SSSR count). The normalized spacial score (nSPS) is 19.7. The van der Waals surface area contributed by atoms with Crippen molar-refractivity contribution < 1.29 is 4.79 Å². The first-order chi connectivity index (χ1) is 11.5. The minimum Gasteiger partial charge on any atom is -0.336 e. The first kappa shape index (κ1) is 15.4. The molecule has 0 bridgehead atoms. The molecule has 1 aromatic heterocycles. The molecule has 1 aliphatic carbocycles. The number of hydrogen-bond acceptors (Lipinski definition) is 2. The van der Waals surface area contributed by atoms with E-state index in [2.05, 4.69) is 43.2 Å². The van der Waals surface area contributed by atoms with E-state index in [0.29, 0.717) is 11.6 Å². The van der Waals surface area contributed by atoms with Crippen LogP contribution in [0.4, 0.5) is 0 Å². The van der Waals surface area contributed by atoms with Gasteiger partial charge in [0, 0.05) is 37.2 Å². The zero-order valence-corrected chi connectivity index (χ0v) is 14.7. The highest BCUT2D eigenvalue weighted by Crippen LogP contribution is 2.40. The Labute approximate surface area is 143 Å². The molecule has 2 aromatic rings. The fraction of sp³-hybridized carbons (Fsp3) is 0.500. The molecule has 4 heteroatoms. The van der Waals surface area contributed by atoms with Crippen LogP contribution in [0.25, 0.3) is 0 Å². The van der Waals surface area contributed by atoms with E-state index in [1.165, 1.54) is 29.7 Å². The SMILES string of the molecule is Cn1nc(C(=O)N2CCc3ccccc3C(C)(C)C2)cc1C1CC1. The number of aromatic nitrogens is 2. The second kappa shape index (κ2) is 5.47. The zero-order valence-electron chi connectivity index (χ0n) is 14.7. The lowest BCUT2D eigenvalue weighted by atomic mass is 9.82. The van der Waals surface area contributed by atoms with Gasteiger partial charge in [0.25, 0.3) is 5.91 Å². The van der Waals surface area contributed by atoms with Gasteiger partial charge in [-0.2, -0.15) is 5.10 Å². The van der Waals surface area contributed by atoms with Gasteiger partial charge in [-0.05, 0) is 36.5 Å². The van der Waals surface area contributed by atoms with Crippen molar-refractivity contribution in [3.05, 3.63) is 52.8 Å². The summed E-state index contributed by atoms with van der Waals surface area (Å²) >= 11 is 0. The number of rotatable bonds is 2. The van der Waals surface area contributed by atoms with Gasteiger partial charge in [-0.1, -0.05) is 38.1 Å². The van der Waals surface area contributed by atoms with Crippen LogP contribution >= 0.6 is 0 Å². The van der Waals surface area contributed by atoms with Gasteiger partial charge < -0.3 is 4.90 Å². The van der Waals surface area contributed by atoms with Crippen LogP contribution in [0.2, 0.25) is 0 Å². The molecule has 1 fully saturated rings. The molecule has 126 valence electrons. The summed E-state index contributed by atoms with van der Waals surface area (Å²) in [5, 5.41) is 4.50. The molecule has 4 nitrogen and oxygen atoms in total. The van der Waals surface area contributed by atoms with Gasteiger partial charge in [0.05, 0.1) is 0 Å². The molecular weight excluding hydrogens is 298 g/mol. The summed E-state index contributed by atoms with van der Waals surface area (Å²) in [7, 11) is 1.95. The zero-order chi connectivity index (χ0) is 16.9. The van der Waals surface area contributed by atoms with Gasteiger partial charge in [0.1, 0.15) is 0 Å². The summed E-state index contributed by atoms with van der Waals surface area (Å²) in [6.45, 7) is 5.95. The van der Waals surface area contributed by atoms with E-state index in [1.807, 2.05) is 22.7 Å². The average molecular weight is 323 g/mol. The van der Waals surface area contributed by atoms with Crippen molar-refractivity contribution in [3.63, 3.8) is 0 Å². The molecule has 1 amide bonds. The quantitative estimate of drug-likeness (QED) is 0.851. The predicted octanol–water partition coefficient (Wildman–Crippen LogP) is 3.27. The third-order valence-electron chi connectivity index (χ3n) is 5.40. The van der Waals surface area contributed by atoms with Gasteiger partial charge in [0.2, 0.25) is 0 Å². The average Bonchev–Trinajstić information content (AvgIpc) is 3.34. The van der Waals surface area contributed by atoms with Crippen LogP contribution in [-0.4, -0.2) is 33.7 Å². The summed E-state index contributed by atoms with van der Waals surface area (Å²) in [4.78, 5) is 15.0. The molecule has 0 N–H and O–H groups in total. The lowest BCUT2D eigenvalue weighted by Gasteiger charge is -2.30. The van der Waals surface area contributed by atoms with Crippen LogP contribution in [0.15, 0.2) is 30.3 Å². The van der Waals surface area contributed by atoms with Crippen LogP contribution in [0.5, 0.6) is 0 Å². The molecule has 0 atom stereocenters. The predicted molar refractivity (Wildman–Crippen MR) is 94.3 cm³/mol. The smallest absolute Gasteiger partial charge is 0.274 e. The van der Waals surface area contributed by atoms with Crippen LogP contribution in [0.1, 0.15) is 59.9 Å². The second-order valence-corrected chi connectivity index (χ2v) is 7.87. The van der Waals surface area contributed by atoms with Crippen molar-refractivity contribution in [2.75, 3.05) is 13.1 Å². The van der Waals surface area contributed by atoms with Crippen molar-refractivity contribution in [1.82, 2.24) is 14.7 Å². The van der Waals surface area contributed by atoms with Gasteiger partial charge in [-0.3, -0.25) is 9.48 Å². The molecular formula is C20H25N3O. The molecule has 24 heavy (non-hydrogen) atoms. The summed E-state index contributed by atoms with van der Waals surface area (Å²) in [6.07, 6.45) is 3.35. The fourth-order valence-corrected chi connectivity index (χ4v) is 3.98. The molecule has 0 radical (unpaired) electrons. The Bertz CT molecular complexity index is 786. The fourth-order valence-electron chi connectivity index (χ4n) is 3.98. The molecule has 1 aromatic carbocycles. The number of benzene rings is 1. The van der Waals surface area contributed by atoms with Crippen LogP contribution in [0.3, 0.4) is 0 Å². The summed E-state index contributed by atoms with van der Waals surface area (Å²) in [5.41, 5.74) is 4.48. The minimum absolute atomic E-state index is 0.0448. The van der Waals surface area contributed by atoms with Gasteiger partial charge in [-0.25, -0.2) is 0 Å². The van der Waals surface area contributed by atoms with E-state index < -0.39 is 0 Å². The monoisotopic (exact) mass is 323 g/mol. The number of carbonyl (C=O) groups is 1. The van der Waals surface area contributed by atoms with Crippen molar-refractivity contribution in [1.29, 1.82) is 0 Å². The topological polar surface area (TPSA) is 38.1 Å². The molecule has 0 spiro atoms. The molecule has 2 aliphatic rings. The molecule has 0 unspecified atom stereocenters. The third kappa shape index (κ3) is 2.64. The number of carbonyl (C=O) groups excluding carboxylic acids is 1. The third-order valence-corrected chi connectivity index (χ3v) is 5.40. The number of fused-ring (bicyclic) bond motifs is 1. The standard InChI is InChI=1S/C20H25N3O/c1-20(2)13-23(11-10-14-6-4-5-7-16(14)20)19(24)17-12-18(15-8-9-15)22(3)21-17/h4-7,12,15H,8-11,13H2,1-3H3. The Morgan fingerprint density at radius 3 is 2.75 bits per heavy atom. The minimum atomic E-state index is -0.0448. The summed E-state index contributed by atoms with van der Waals surface area (Å²) in [5.74, 6) is 0.673. The number of aryl methyl sites for hydroxylation is 1. The van der Waals surface area contributed by atoms with Gasteiger partial charge in [-0.15, -0.1) is 0 Å². The summed E-state index contributed by atoms with van der Waals surface area (Å²) < 4.78 is 1.89. The van der Waals surface area contributed by atoms with E-state index >= 15 is 0 Å². The number of nitrogens with zero attached hydrogens (tertiary/aromatic N) is 3. The highest BCUT2D eigenvalue weighted by molar-refractivity contribution is 5.92. The lowest BCUT2D eigenvalue weighted by molar-refractivity contribution is 0.0725. The number of amides is 1. The molecule has 1 saturated carbocycles. The van der Waals surface area contributed by atoms with Gasteiger partial charge in [0.15, 0.2) is 5.69 Å². The van der Waals surface area contributed by atoms with E-state index in [4.69, 9.17) is 0 Å². The van der Waals surface area contributed by atoms with E-state index in [0.717, 1.165) is 19.5 Å². The van der Waals surface area contributed by atoms with Crippen LogP contribution in [-0.2, 0) is 18.9 Å². The van der Waals surface area contributed by atoms with E-state index in [-0.39, 0.29) is 11.3 Å². The van der Waals surface area contributed by atoms with Crippen LogP contribution < -0.4 is 0 Å². The second-order valence-electron chi connectivity index (χ2n) is 7.87. The van der Waals surface area contributed by atoms with Gasteiger partial charge >= 0.3 is 0 Å². The highest BCUT2D eigenvalue weighted by Gasteiger charge is 2.34. The first-order valence-corrected chi connectivity index (χ1v) is 8.87. The Morgan fingerprint density at radius 2 is 2.00 bits per heavy atom. The Morgan fingerprint density at radius 1 is 1.25 bits per heavy atom.